The van der Waals surface area contributed by atoms with Crippen LogP contribution in [-0.4, -0.2) is 62.7 Å². The zero-order chi connectivity index (χ0) is 19.9. The zero-order valence-corrected chi connectivity index (χ0v) is 18.0. The average Bonchev–Trinajstić information content (AvgIpc) is 2.86. The fourth-order valence-electron chi connectivity index (χ4n) is 4.34. The van der Waals surface area contributed by atoms with Crippen LogP contribution in [0, 0.1) is 0 Å². The van der Waals surface area contributed by atoms with Gasteiger partial charge in [-0.1, -0.05) is 18.2 Å². The van der Waals surface area contributed by atoms with E-state index in [1.165, 1.54) is 11.1 Å². The summed E-state index contributed by atoms with van der Waals surface area (Å²) in [6.45, 7) is 13.1. The average molecular weight is 387 g/mol. The largest absolute Gasteiger partial charge is 0.494 e. The van der Waals surface area contributed by atoms with Crippen LogP contribution in [0.15, 0.2) is 18.2 Å². The molecule has 28 heavy (non-hydrogen) atoms. The van der Waals surface area contributed by atoms with Gasteiger partial charge >= 0.3 is 7.12 Å². The van der Waals surface area contributed by atoms with Crippen molar-refractivity contribution in [3.63, 3.8) is 0 Å². The molecule has 4 rings (SSSR count). The topological polar surface area (TPSA) is 40.2 Å². The van der Waals surface area contributed by atoms with E-state index in [2.05, 4.69) is 50.8 Å². The van der Waals surface area contributed by atoms with Gasteiger partial charge in [0.2, 0.25) is 0 Å². The molecule has 0 bridgehead atoms. The van der Waals surface area contributed by atoms with Crippen LogP contribution in [0.25, 0.3) is 0 Å². The lowest BCUT2D eigenvalue weighted by Crippen LogP contribution is -2.51. The van der Waals surface area contributed by atoms with Crippen molar-refractivity contribution in [2.45, 2.75) is 70.3 Å². The molecule has 0 radical (unpaired) electrons. The van der Waals surface area contributed by atoms with Gasteiger partial charge in [0, 0.05) is 40.0 Å². The second-order valence-corrected chi connectivity index (χ2v) is 9.48. The highest BCUT2D eigenvalue weighted by Crippen LogP contribution is 2.37. The van der Waals surface area contributed by atoms with E-state index < -0.39 is 0 Å². The third-order valence-corrected chi connectivity index (χ3v) is 7.00. The molecule has 154 valence electrons. The van der Waals surface area contributed by atoms with Crippen LogP contribution in [0.2, 0.25) is 0 Å². The number of benzene rings is 1. The molecule has 1 aromatic rings. The molecule has 3 heterocycles. The first-order chi connectivity index (χ1) is 13.3. The van der Waals surface area contributed by atoms with E-state index in [1.807, 2.05) is 0 Å². The highest BCUT2D eigenvalue weighted by atomic mass is 16.7. The van der Waals surface area contributed by atoms with Crippen molar-refractivity contribution in [1.82, 2.24) is 4.90 Å². The second kappa shape index (κ2) is 7.73. The fourth-order valence-corrected chi connectivity index (χ4v) is 4.34. The maximum atomic E-state index is 6.29. The van der Waals surface area contributed by atoms with Crippen molar-refractivity contribution < 1.29 is 18.8 Å². The monoisotopic (exact) mass is 387 g/mol. The molecule has 3 saturated heterocycles. The van der Waals surface area contributed by atoms with Gasteiger partial charge in [0.15, 0.2) is 0 Å². The summed E-state index contributed by atoms with van der Waals surface area (Å²) in [7, 11) is 1.49. The van der Waals surface area contributed by atoms with Crippen molar-refractivity contribution in [2.24, 2.45) is 0 Å². The van der Waals surface area contributed by atoms with Crippen molar-refractivity contribution in [2.75, 3.05) is 33.4 Å². The molecular formula is C22H34BNO4. The molecule has 1 aromatic carbocycles. The molecular weight excluding hydrogens is 353 g/mol. The van der Waals surface area contributed by atoms with Crippen molar-refractivity contribution >= 4 is 12.6 Å². The molecule has 3 aliphatic heterocycles. The minimum absolute atomic E-state index is 0.310. The number of hydrogen-bond donors (Lipinski definition) is 0. The summed E-state index contributed by atoms with van der Waals surface area (Å²) in [5.41, 5.74) is 3.34. The van der Waals surface area contributed by atoms with E-state index in [0.29, 0.717) is 12.0 Å². The molecule has 0 saturated carbocycles. The number of methoxy groups -OCH3 is 1. The van der Waals surface area contributed by atoms with E-state index in [9.17, 15) is 0 Å². The molecule has 5 nitrogen and oxygen atoms in total. The van der Waals surface area contributed by atoms with Crippen LogP contribution >= 0.6 is 0 Å². The second-order valence-electron chi connectivity index (χ2n) is 9.48. The molecule has 0 N–H and O–H groups in total. The molecule has 6 heteroatoms. The van der Waals surface area contributed by atoms with Gasteiger partial charge in [0.05, 0.1) is 17.3 Å². The van der Waals surface area contributed by atoms with E-state index in [-0.39, 0.29) is 18.3 Å². The molecule has 0 aromatic heterocycles. The van der Waals surface area contributed by atoms with Crippen LogP contribution in [0.5, 0.6) is 0 Å². The standard InChI is InChI=1S/C22H34BNO4/c1-21(2)22(3,4)28-23(27-21)18-6-7-20(16-8-10-26-11-9-16)17(12-18)13-24-14-19(15-24)25-5/h6-7,12,16,19H,8-11,13-15H2,1-5H3. The number of likely N-dealkylation sites (tertiary alicyclic amines) is 1. The summed E-state index contributed by atoms with van der Waals surface area (Å²) in [5.74, 6) is 0.579. The van der Waals surface area contributed by atoms with Gasteiger partial charge < -0.3 is 18.8 Å². The molecule has 0 atom stereocenters. The Bertz CT molecular complexity index is 680. The van der Waals surface area contributed by atoms with Gasteiger partial charge in [-0.3, -0.25) is 4.90 Å². The zero-order valence-electron chi connectivity index (χ0n) is 18.0. The van der Waals surface area contributed by atoms with E-state index in [4.69, 9.17) is 18.8 Å². The summed E-state index contributed by atoms with van der Waals surface area (Å²) < 4.78 is 23.6. The lowest BCUT2D eigenvalue weighted by Gasteiger charge is -2.39. The van der Waals surface area contributed by atoms with Gasteiger partial charge in [-0.05, 0) is 63.0 Å². The van der Waals surface area contributed by atoms with Crippen LogP contribution in [0.4, 0.5) is 0 Å². The van der Waals surface area contributed by atoms with E-state index in [0.717, 1.165) is 51.2 Å². The normalized spacial score (nSPS) is 25.8. The van der Waals surface area contributed by atoms with Gasteiger partial charge in [-0.25, -0.2) is 0 Å². The molecule has 0 aliphatic carbocycles. The minimum Gasteiger partial charge on any atom is -0.399 e. The predicted molar refractivity (Wildman–Crippen MR) is 111 cm³/mol. The third kappa shape index (κ3) is 3.90. The molecule has 3 fully saturated rings. The number of ether oxygens (including phenoxy) is 2. The van der Waals surface area contributed by atoms with Crippen LogP contribution in [0.3, 0.4) is 0 Å². The molecule has 0 spiro atoms. The Morgan fingerprint density at radius 1 is 1.07 bits per heavy atom. The van der Waals surface area contributed by atoms with Gasteiger partial charge in [0.1, 0.15) is 0 Å². The first-order valence-corrected chi connectivity index (χ1v) is 10.6. The van der Waals surface area contributed by atoms with E-state index in [1.54, 1.807) is 7.11 Å². The Hall–Kier alpha value is -0.915. The van der Waals surface area contributed by atoms with Gasteiger partial charge in [-0.15, -0.1) is 0 Å². The molecule has 0 amide bonds. The van der Waals surface area contributed by atoms with Crippen LogP contribution in [-0.2, 0) is 25.3 Å². The summed E-state index contributed by atoms with van der Waals surface area (Å²) >= 11 is 0. The molecule has 3 aliphatic rings. The van der Waals surface area contributed by atoms with Crippen molar-refractivity contribution in [1.29, 1.82) is 0 Å². The lowest BCUT2D eigenvalue weighted by molar-refractivity contribution is -0.0335. The number of rotatable bonds is 5. The predicted octanol–water partition coefficient (Wildman–Crippen LogP) is 2.71. The summed E-state index contributed by atoms with van der Waals surface area (Å²) in [5, 5.41) is 0. The summed E-state index contributed by atoms with van der Waals surface area (Å²) in [6, 6.07) is 6.82. The Labute approximate surface area is 169 Å². The number of hydrogen-bond acceptors (Lipinski definition) is 5. The van der Waals surface area contributed by atoms with Crippen LogP contribution < -0.4 is 5.46 Å². The fraction of sp³-hybridized carbons (Fsp3) is 0.727. The SMILES string of the molecule is COC1CN(Cc2cc(B3OC(C)(C)C(C)(C)O3)ccc2C2CCOCC2)C1. The van der Waals surface area contributed by atoms with Crippen LogP contribution in [0.1, 0.15) is 57.6 Å². The molecule has 0 unspecified atom stereocenters. The Balaban J connectivity index is 1.58. The van der Waals surface area contributed by atoms with Crippen molar-refractivity contribution in [3.05, 3.63) is 29.3 Å². The summed E-state index contributed by atoms with van der Waals surface area (Å²) in [4.78, 5) is 2.46. The van der Waals surface area contributed by atoms with E-state index >= 15 is 0 Å². The highest BCUT2D eigenvalue weighted by Gasteiger charge is 2.51. The lowest BCUT2D eigenvalue weighted by atomic mass is 9.76. The third-order valence-electron chi connectivity index (χ3n) is 7.00. The quantitative estimate of drug-likeness (QED) is 0.727. The minimum atomic E-state index is -0.319. The van der Waals surface area contributed by atoms with Gasteiger partial charge in [0.25, 0.3) is 0 Å². The van der Waals surface area contributed by atoms with Gasteiger partial charge in [-0.2, -0.15) is 0 Å². The Morgan fingerprint density at radius 3 is 2.32 bits per heavy atom. The maximum Gasteiger partial charge on any atom is 0.494 e. The first kappa shape index (κ1) is 20.4. The highest BCUT2D eigenvalue weighted by molar-refractivity contribution is 6.62. The number of nitrogens with zero attached hydrogens (tertiary/aromatic N) is 1. The Morgan fingerprint density at radius 2 is 1.71 bits per heavy atom. The first-order valence-electron chi connectivity index (χ1n) is 10.6. The Kier molecular flexibility index (Phi) is 5.62. The smallest absolute Gasteiger partial charge is 0.399 e. The maximum absolute atomic E-state index is 6.29. The summed E-state index contributed by atoms with van der Waals surface area (Å²) in [6.07, 6.45) is 2.57. The van der Waals surface area contributed by atoms with Crippen molar-refractivity contribution in [3.8, 4) is 0 Å².